The standard InChI is InChI=1S/C18H26N2O3/c1-13-6-7-17(23-13)18(22)19-15-4-2-3-5-16(15)20-10-8-14(12-21)9-11-20/h2-5,13-14,17,21H,6-12H2,1H3,(H,19,22). The maximum absolute atomic E-state index is 12.4. The molecule has 3 rings (SSSR count). The van der Waals surface area contributed by atoms with E-state index in [1.807, 2.05) is 31.2 Å². The van der Waals surface area contributed by atoms with E-state index >= 15 is 0 Å². The predicted molar refractivity (Wildman–Crippen MR) is 90.7 cm³/mol. The number of nitrogens with zero attached hydrogens (tertiary/aromatic N) is 1. The minimum absolute atomic E-state index is 0.0490. The lowest BCUT2D eigenvalue weighted by Gasteiger charge is -2.34. The van der Waals surface area contributed by atoms with Gasteiger partial charge < -0.3 is 20.1 Å². The molecule has 0 radical (unpaired) electrons. The second-order valence-electron chi connectivity index (χ2n) is 6.63. The largest absolute Gasteiger partial charge is 0.396 e. The Balaban J connectivity index is 1.67. The molecule has 23 heavy (non-hydrogen) atoms. The fourth-order valence-corrected chi connectivity index (χ4v) is 3.42. The molecule has 2 heterocycles. The number of carbonyl (C=O) groups is 1. The molecule has 0 saturated carbocycles. The van der Waals surface area contributed by atoms with Gasteiger partial charge in [0, 0.05) is 19.7 Å². The summed E-state index contributed by atoms with van der Waals surface area (Å²) >= 11 is 0. The number of nitrogens with one attached hydrogen (secondary N) is 1. The monoisotopic (exact) mass is 318 g/mol. The smallest absolute Gasteiger partial charge is 0.253 e. The molecule has 2 saturated heterocycles. The molecule has 5 heteroatoms. The lowest BCUT2D eigenvalue weighted by molar-refractivity contribution is -0.126. The summed E-state index contributed by atoms with van der Waals surface area (Å²) in [5.41, 5.74) is 1.91. The second-order valence-corrected chi connectivity index (χ2v) is 6.63. The average molecular weight is 318 g/mol. The van der Waals surface area contributed by atoms with Crippen LogP contribution in [0.25, 0.3) is 0 Å². The minimum Gasteiger partial charge on any atom is -0.396 e. The van der Waals surface area contributed by atoms with Crippen LogP contribution < -0.4 is 10.2 Å². The third kappa shape index (κ3) is 3.85. The van der Waals surface area contributed by atoms with Gasteiger partial charge in [0.05, 0.1) is 17.5 Å². The summed E-state index contributed by atoms with van der Waals surface area (Å²) in [6.45, 7) is 4.10. The first-order valence-electron chi connectivity index (χ1n) is 8.58. The van der Waals surface area contributed by atoms with Crippen LogP contribution in [0.4, 0.5) is 11.4 Å². The highest BCUT2D eigenvalue weighted by molar-refractivity contribution is 5.97. The third-order valence-electron chi connectivity index (χ3n) is 4.90. The molecule has 2 atom stereocenters. The Bertz CT molecular complexity index is 541. The van der Waals surface area contributed by atoms with E-state index < -0.39 is 0 Å². The summed E-state index contributed by atoms with van der Waals surface area (Å²) in [5.74, 6) is 0.355. The van der Waals surface area contributed by atoms with Crippen LogP contribution in [0.3, 0.4) is 0 Å². The number of ether oxygens (including phenoxy) is 1. The molecular weight excluding hydrogens is 292 g/mol. The molecule has 0 spiro atoms. The van der Waals surface area contributed by atoms with Gasteiger partial charge in [0.1, 0.15) is 6.10 Å². The summed E-state index contributed by atoms with van der Waals surface area (Å²) in [7, 11) is 0. The summed E-state index contributed by atoms with van der Waals surface area (Å²) in [6, 6.07) is 7.94. The van der Waals surface area contributed by atoms with Crippen molar-refractivity contribution in [1.82, 2.24) is 0 Å². The fraction of sp³-hybridized carbons (Fsp3) is 0.611. The van der Waals surface area contributed by atoms with Gasteiger partial charge in [0.25, 0.3) is 5.91 Å². The zero-order valence-electron chi connectivity index (χ0n) is 13.7. The third-order valence-corrected chi connectivity index (χ3v) is 4.90. The van der Waals surface area contributed by atoms with Crippen LogP contribution in [-0.4, -0.2) is 42.9 Å². The molecule has 0 aliphatic carbocycles. The van der Waals surface area contributed by atoms with E-state index in [-0.39, 0.29) is 24.7 Å². The highest BCUT2D eigenvalue weighted by Gasteiger charge is 2.29. The SMILES string of the molecule is CC1CCC(C(=O)Nc2ccccc2N2CCC(CO)CC2)O1. The molecule has 2 aliphatic heterocycles. The number of anilines is 2. The van der Waals surface area contributed by atoms with Gasteiger partial charge >= 0.3 is 0 Å². The van der Waals surface area contributed by atoms with Crippen molar-refractivity contribution in [3.8, 4) is 0 Å². The summed E-state index contributed by atoms with van der Waals surface area (Å²) in [4.78, 5) is 14.7. The van der Waals surface area contributed by atoms with Crippen LogP contribution in [-0.2, 0) is 9.53 Å². The maximum Gasteiger partial charge on any atom is 0.253 e. The summed E-state index contributed by atoms with van der Waals surface area (Å²) in [5, 5.41) is 12.3. The quantitative estimate of drug-likeness (QED) is 0.895. The minimum atomic E-state index is -0.335. The van der Waals surface area contributed by atoms with E-state index in [0.29, 0.717) is 5.92 Å². The van der Waals surface area contributed by atoms with Gasteiger partial charge in [-0.1, -0.05) is 12.1 Å². The Kier molecular flexibility index (Phi) is 5.18. The van der Waals surface area contributed by atoms with Gasteiger partial charge in [-0.25, -0.2) is 0 Å². The molecule has 2 N–H and O–H groups in total. The zero-order valence-corrected chi connectivity index (χ0v) is 13.7. The lowest BCUT2D eigenvalue weighted by Crippen LogP contribution is -2.36. The normalized spacial score (nSPS) is 25.6. The number of amides is 1. The van der Waals surface area contributed by atoms with E-state index in [4.69, 9.17) is 4.74 Å². The Hall–Kier alpha value is -1.59. The molecule has 1 amide bonds. The average Bonchev–Trinajstić information content (AvgIpc) is 3.02. The summed E-state index contributed by atoms with van der Waals surface area (Å²) < 4.78 is 5.66. The Morgan fingerprint density at radius 1 is 1.26 bits per heavy atom. The Morgan fingerprint density at radius 2 is 2.00 bits per heavy atom. The lowest BCUT2D eigenvalue weighted by atomic mass is 9.97. The van der Waals surface area contributed by atoms with Gasteiger partial charge in [0.2, 0.25) is 0 Å². The van der Waals surface area contributed by atoms with Crippen molar-refractivity contribution in [2.45, 2.75) is 44.8 Å². The van der Waals surface area contributed by atoms with Gasteiger partial charge in [-0.2, -0.15) is 0 Å². The van der Waals surface area contributed by atoms with E-state index in [2.05, 4.69) is 10.2 Å². The fourth-order valence-electron chi connectivity index (χ4n) is 3.42. The van der Waals surface area contributed by atoms with Crippen LogP contribution >= 0.6 is 0 Å². The van der Waals surface area contributed by atoms with Crippen LogP contribution in [0, 0.1) is 5.92 Å². The highest BCUT2D eigenvalue weighted by Crippen LogP contribution is 2.30. The van der Waals surface area contributed by atoms with Crippen molar-refractivity contribution < 1.29 is 14.6 Å². The Morgan fingerprint density at radius 3 is 2.65 bits per heavy atom. The Labute approximate surface area is 137 Å². The molecular formula is C18H26N2O3. The van der Waals surface area contributed by atoms with Gasteiger partial charge in [-0.05, 0) is 50.7 Å². The molecule has 126 valence electrons. The van der Waals surface area contributed by atoms with Gasteiger partial charge in [-0.15, -0.1) is 0 Å². The predicted octanol–water partition coefficient (Wildman–Crippen LogP) is 2.40. The number of hydrogen-bond donors (Lipinski definition) is 2. The number of piperidine rings is 1. The van der Waals surface area contributed by atoms with Crippen molar-refractivity contribution in [1.29, 1.82) is 0 Å². The van der Waals surface area contributed by atoms with E-state index in [0.717, 1.165) is 50.1 Å². The number of hydrogen-bond acceptors (Lipinski definition) is 4. The van der Waals surface area contributed by atoms with Crippen LogP contribution in [0.2, 0.25) is 0 Å². The number of carbonyl (C=O) groups excluding carboxylic acids is 1. The van der Waals surface area contributed by atoms with Crippen molar-refractivity contribution >= 4 is 17.3 Å². The number of para-hydroxylation sites is 2. The van der Waals surface area contributed by atoms with Gasteiger partial charge in [0.15, 0.2) is 0 Å². The molecule has 1 aromatic rings. The van der Waals surface area contributed by atoms with Crippen molar-refractivity contribution in [2.75, 3.05) is 29.9 Å². The van der Waals surface area contributed by atoms with E-state index in [9.17, 15) is 9.90 Å². The molecule has 0 aromatic heterocycles. The molecule has 2 unspecified atom stereocenters. The van der Waals surface area contributed by atoms with Crippen LogP contribution in [0.5, 0.6) is 0 Å². The van der Waals surface area contributed by atoms with Crippen LogP contribution in [0.15, 0.2) is 24.3 Å². The molecule has 1 aromatic carbocycles. The molecule has 2 aliphatic rings. The number of rotatable bonds is 4. The van der Waals surface area contributed by atoms with Gasteiger partial charge in [-0.3, -0.25) is 4.79 Å². The summed E-state index contributed by atoms with van der Waals surface area (Å²) in [6.07, 6.45) is 3.53. The first-order valence-corrected chi connectivity index (χ1v) is 8.58. The highest BCUT2D eigenvalue weighted by atomic mass is 16.5. The van der Waals surface area contributed by atoms with Crippen LogP contribution in [0.1, 0.15) is 32.6 Å². The van der Waals surface area contributed by atoms with E-state index in [1.54, 1.807) is 0 Å². The topological polar surface area (TPSA) is 61.8 Å². The molecule has 2 fully saturated rings. The van der Waals surface area contributed by atoms with Crippen molar-refractivity contribution in [3.05, 3.63) is 24.3 Å². The second kappa shape index (κ2) is 7.32. The zero-order chi connectivity index (χ0) is 16.2. The number of aliphatic hydroxyl groups excluding tert-OH is 1. The maximum atomic E-state index is 12.4. The molecule has 0 bridgehead atoms. The van der Waals surface area contributed by atoms with E-state index in [1.165, 1.54) is 0 Å². The molecule has 5 nitrogen and oxygen atoms in total. The first-order chi connectivity index (χ1) is 11.2. The van der Waals surface area contributed by atoms with Crippen molar-refractivity contribution in [2.24, 2.45) is 5.92 Å². The first kappa shape index (κ1) is 16.3. The number of aliphatic hydroxyl groups is 1. The van der Waals surface area contributed by atoms with Crippen molar-refractivity contribution in [3.63, 3.8) is 0 Å². The number of benzene rings is 1.